The second-order valence-electron chi connectivity index (χ2n) is 12.4. The van der Waals surface area contributed by atoms with E-state index in [2.05, 4.69) is 10.0 Å². The molecule has 2 aromatic carbocycles. The van der Waals surface area contributed by atoms with Crippen LogP contribution in [0.1, 0.15) is 45.2 Å². The fourth-order valence-electron chi connectivity index (χ4n) is 5.75. The first-order valence-corrected chi connectivity index (χ1v) is 19.9. The molecular weight excluding hydrogens is 679 g/mol. The van der Waals surface area contributed by atoms with Crippen LogP contribution >= 0.6 is 7.60 Å². The van der Waals surface area contributed by atoms with Crippen LogP contribution in [0.15, 0.2) is 42.5 Å². The highest BCUT2D eigenvalue weighted by Crippen LogP contribution is 2.47. The number of methoxy groups -OCH3 is 1. The van der Waals surface area contributed by atoms with Crippen LogP contribution in [0.25, 0.3) is 0 Å². The Labute approximate surface area is 288 Å². The van der Waals surface area contributed by atoms with Crippen LogP contribution in [0.2, 0.25) is 0 Å². The SMILES string of the molecule is CCOP(=O)(COc1ccc(C[C@H](OC(=O)NC2COC3OCCC23)[C@@H](O)CS(=O)(=O)Nc2ccc(OC)cc2CC(C)C)cc1)OCC. The molecule has 274 valence electrons. The number of rotatable bonds is 19. The molecule has 0 spiro atoms. The smallest absolute Gasteiger partial charge is 0.407 e. The van der Waals surface area contributed by atoms with E-state index in [0.29, 0.717) is 35.8 Å². The first-order chi connectivity index (χ1) is 23.3. The van der Waals surface area contributed by atoms with Gasteiger partial charge >= 0.3 is 13.7 Å². The number of aliphatic hydroxyl groups excluding tert-OH is 1. The van der Waals surface area contributed by atoms with E-state index in [1.807, 2.05) is 13.8 Å². The molecule has 16 heteroatoms. The number of fused-ring (bicyclic) bond motifs is 1. The van der Waals surface area contributed by atoms with Gasteiger partial charge in [0, 0.05) is 12.3 Å². The Morgan fingerprint density at radius 1 is 1.04 bits per heavy atom. The molecule has 2 aliphatic heterocycles. The third kappa shape index (κ3) is 11.6. The summed E-state index contributed by atoms with van der Waals surface area (Å²) in [7, 11) is -6.01. The Hall–Kier alpha value is -2.91. The molecule has 3 N–H and O–H groups in total. The van der Waals surface area contributed by atoms with E-state index in [1.165, 1.54) is 7.11 Å². The number of ether oxygens (including phenoxy) is 5. The van der Waals surface area contributed by atoms with Crippen LogP contribution in [0, 0.1) is 11.8 Å². The van der Waals surface area contributed by atoms with E-state index < -0.39 is 48.0 Å². The summed E-state index contributed by atoms with van der Waals surface area (Å²) in [4.78, 5) is 13.1. The Kier molecular flexibility index (Phi) is 14.2. The molecule has 0 aromatic heterocycles. The number of aliphatic hydroxyl groups is 1. The summed E-state index contributed by atoms with van der Waals surface area (Å²) < 4.78 is 80.5. The summed E-state index contributed by atoms with van der Waals surface area (Å²) in [6.45, 7) is 8.62. The number of hydrogen-bond acceptors (Lipinski definition) is 12. The lowest BCUT2D eigenvalue weighted by Gasteiger charge is -2.25. The van der Waals surface area contributed by atoms with E-state index >= 15 is 0 Å². The third-order valence-corrected chi connectivity index (χ3v) is 11.1. The van der Waals surface area contributed by atoms with Crippen molar-refractivity contribution in [3.8, 4) is 11.5 Å². The van der Waals surface area contributed by atoms with Gasteiger partial charge in [0.25, 0.3) is 0 Å². The average Bonchev–Trinajstić information content (AvgIpc) is 3.66. The van der Waals surface area contributed by atoms with Gasteiger partial charge in [-0.15, -0.1) is 0 Å². The lowest BCUT2D eigenvalue weighted by molar-refractivity contribution is -0.0905. The number of alkyl carbamates (subject to hydrolysis) is 1. The lowest BCUT2D eigenvalue weighted by atomic mass is 10.0. The summed E-state index contributed by atoms with van der Waals surface area (Å²) in [6, 6.07) is 11.3. The molecule has 14 nitrogen and oxygen atoms in total. The van der Waals surface area contributed by atoms with Crippen LogP contribution in [0.4, 0.5) is 10.5 Å². The number of anilines is 1. The summed E-state index contributed by atoms with van der Waals surface area (Å²) in [5.74, 6) is 0.448. The quantitative estimate of drug-likeness (QED) is 0.170. The predicted octanol–water partition coefficient (Wildman–Crippen LogP) is 4.70. The van der Waals surface area contributed by atoms with Gasteiger partial charge in [-0.05, 0) is 74.1 Å². The van der Waals surface area contributed by atoms with Crippen molar-refractivity contribution < 1.29 is 55.6 Å². The third-order valence-electron chi connectivity index (χ3n) is 8.03. The molecule has 2 saturated heterocycles. The van der Waals surface area contributed by atoms with Crippen molar-refractivity contribution in [3.63, 3.8) is 0 Å². The molecule has 0 aliphatic carbocycles. The van der Waals surface area contributed by atoms with Gasteiger partial charge in [-0.3, -0.25) is 9.29 Å². The van der Waals surface area contributed by atoms with Crippen molar-refractivity contribution in [1.82, 2.24) is 5.32 Å². The maximum absolute atomic E-state index is 13.4. The van der Waals surface area contributed by atoms with Crippen LogP contribution in [-0.2, 0) is 50.7 Å². The van der Waals surface area contributed by atoms with Gasteiger partial charge in [-0.25, -0.2) is 13.2 Å². The highest BCUT2D eigenvalue weighted by molar-refractivity contribution is 7.92. The molecule has 5 atom stereocenters. The molecule has 2 heterocycles. The summed E-state index contributed by atoms with van der Waals surface area (Å²) in [6.07, 6.45) is -3.04. The highest BCUT2D eigenvalue weighted by atomic mass is 32.2. The van der Waals surface area contributed by atoms with Gasteiger partial charge in [0.2, 0.25) is 10.0 Å². The molecule has 0 saturated carbocycles. The minimum atomic E-state index is -4.12. The van der Waals surface area contributed by atoms with E-state index in [1.54, 1.807) is 56.3 Å². The maximum Gasteiger partial charge on any atom is 0.407 e. The Morgan fingerprint density at radius 3 is 2.39 bits per heavy atom. The molecular formula is C33H49N2O12PS. The average molecular weight is 729 g/mol. The number of nitrogens with one attached hydrogen (secondary N) is 2. The van der Waals surface area contributed by atoms with Gasteiger partial charge in [-0.2, -0.15) is 0 Å². The van der Waals surface area contributed by atoms with Crippen molar-refractivity contribution in [2.24, 2.45) is 11.8 Å². The molecule has 0 radical (unpaired) electrons. The molecule has 0 bridgehead atoms. The van der Waals surface area contributed by atoms with Crippen molar-refractivity contribution >= 4 is 29.4 Å². The second-order valence-corrected chi connectivity index (χ2v) is 16.1. The first-order valence-electron chi connectivity index (χ1n) is 16.5. The second kappa shape index (κ2) is 17.8. The highest BCUT2D eigenvalue weighted by Gasteiger charge is 2.43. The molecule has 49 heavy (non-hydrogen) atoms. The summed E-state index contributed by atoms with van der Waals surface area (Å²) in [5, 5.41) is 14.1. The van der Waals surface area contributed by atoms with E-state index in [-0.39, 0.29) is 50.5 Å². The van der Waals surface area contributed by atoms with Crippen LogP contribution in [0.5, 0.6) is 11.5 Å². The number of sulfonamides is 1. The van der Waals surface area contributed by atoms with Gasteiger partial charge in [0.15, 0.2) is 12.6 Å². The number of carbonyl (C=O) groups excluding carboxylic acids is 1. The topological polar surface area (TPSA) is 177 Å². The van der Waals surface area contributed by atoms with Crippen molar-refractivity contribution in [3.05, 3.63) is 53.6 Å². The van der Waals surface area contributed by atoms with Crippen LogP contribution in [-0.4, -0.2) is 89.8 Å². The molecule has 3 unspecified atom stereocenters. The summed E-state index contributed by atoms with van der Waals surface area (Å²) in [5.41, 5.74) is 1.74. The Bertz CT molecular complexity index is 1510. The normalized spacial score (nSPS) is 20.4. The minimum Gasteiger partial charge on any atom is -0.497 e. The Balaban J connectivity index is 1.47. The van der Waals surface area contributed by atoms with Crippen molar-refractivity contribution in [2.75, 3.05) is 50.4 Å². The van der Waals surface area contributed by atoms with Crippen LogP contribution < -0.4 is 19.5 Å². The van der Waals surface area contributed by atoms with E-state index in [0.717, 1.165) is 12.0 Å². The Morgan fingerprint density at radius 2 is 1.73 bits per heavy atom. The molecule has 4 rings (SSSR count). The molecule has 1 amide bonds. The number of hydrogen-bond donors (Lipinski definition) is 3. The summed E-state index contributed by atoms with van der Waals surface area (Å²) >= 11 is 0. The van der Waals surface area contributed by atoms with Crippen molar-refractivity contribution in [2.45, 2.75) is 71.5 Å². The van der Waals surface area contributed by atoms with Crippen molar-refractivity contribution in [1.29, 1.82) is 0 Å². The zero-order chi connectivity index (χ0) is 35.6. The monoisotopic (exact) mass is 728 g/mol. The zero-order valence-electron chi connectivity index (χ0n) is 28.7. The van der Waals surface area contributed by atoms with E-state index in [9.17, 15) is 22.9 Å². The number of benzene rings is 2. The number of amides is 1. The largest absolute Gasteiger partial charge is 0.497 e. The van der Waals surface area contributed by atoms with Gasteiger partial charge < -0.3 is 43.2 Å². The lowest BCUT2D eigenvalue weighted by Crippen LogP contribution is -2.45. The van der Waals surface area contributed by atoms with Gasteiger partial charge in [0.1, 0.15) is 23.7 Å². The number of carbonyl (C=O) groups is 1. The minimum absolute atomic E-state index is 0.0156. The van der Waals surface area contributed by atoms with E-state index in [4.69, 9.17) is 32.7 Å². The van der Waals surface area contributed by atoms with Crippen LogP contribution in [0.3, 0.4) is 0 Å². The zero-order valence-corrected chi connectivity index (χ0v) is 30.4. The maximum atomic E-state index is 13.4. The standard InChI is InChI=1S/C33H49N2O12PS/c1-6-45-48(38,46-7-2)21-44-25-10-8-23(9-11-25)17-31(47-33(37)34-29-19-43-32-27(29)14-15-42-32)30(36)20-49(39,40)35-28-13-12-26(41-5)18-24(28)16-22(3)4/h8-13,18,22,27,29-32,35-36H,6-7,14-17,19-21H2,1-5H3,(H,34,37)/t27?,29?,30-,31-,32?/m0/s1. The predicted molar refractivity (Wildman–Crippen MR) is 182 cm³/mol. The van der Waals surface area contributed by atoms with Gasteiger partial charge in [-0.1, -0.05) is 26.0 Å². The van der Waals surface area contributed by atoms with Gasteiger partial charge in [0.05, 0.1) is 51.0 Å². The fourth-order valence-corrected chi connectivity index (χ4v) is 8.35. The fraction of sp³-hybridized carbons (Fsp3) is 0.606. The molecule has 2 fully saturated rings. The molecule has 2 aliphatic rings. The first kappa shape index (κ1) is 38.9. The molecule has 2 aromatic rings.